The maximum atomic E-state index is 13.8. The van der Waals surface area contributed by atoms with Gasteiger partial charge in [0, 0.05) is 18.9 Å². The molecule has 0 aromatic rings. The van der Waals surface area contributed by atoms with Crippen LogP contribution < -0.4 is 0 Å². The summed E-state index contributed by atoms with van der Waals surface area (Å²) in [5.74, 6) is -1.77. The van der Waals surface area contributed by atoms with E-state index in [2.05, 4.69) is 37.7 Å². The fourth-order valence-electron chi connectivity index (χ4n) is 8.53. The van der Waals surface area contributed by atoms with Gasteiger partial charge < -0.3 is 14.9 Å². The molecule has 0 aliphatic heterocycles. The molecule has 0 aromatic carbocycles. The molecule has 0 aromatic heterocycles. The van der Waals surface area contributed by atoms with E-state index in [0.29, 0.717) is 38.2 Å². The molecule has 2 N–H and O–H groups in total. The summed E-state index contributed by atoms with van der Waals surface area (Å²) in [6.07, 6.45) is -1.27. The highest BCUT2D eigenvalue weighted by molar-refractivity contribution is 5.40. The number of hydrogen-bond acceptors (Lipinski definition) is 3. The van der Waals surface area contributed by atoms with E-state index in [1.807, 2.05) is 0 Å². The van der Waals surface area contributed by atoms with E-state index in [9.17, 15) is 32.2 Å². The fourth-order valence-corrected chi connectivity index (χ4v) is 8.53. The van der Waals surface area contributed by atoms with E-state index in [0.717, 1.165) is 31.3 Å². The minimum absolute atomic E-state index is 0.00246. The molecule has 9 atom stereocenters. The first-order chi connectivity index (χ1) is 16.7. The molecule has 0 spiro atoms. The predicted octanol–water partition coefficient (Wildman–Crippen LogP) is 7.04. The molecule has 8 heteroatoms. The van der Waals surface area contributed by atoms with Gasteiger partial charge in [0.2, 0.25) is 0 Å². The predicted molar refractivity (Wildman–Crippen MR) is 127 cm³/mol. The summed E-state index contributed by atoms with van der Waals surface area (Å²) in [5.41, 5.74) is 2.13. The Labute approximate surface area is 211 Å². The molecule has 0 saturated heterocycles. The van der Waals surface area contributed by atoms with E-state index in [1.54, 1.807) is 0 Å². The standard InChI is InChI=1S/C28H41F5O3/c1-16(6-5-7-23(27(29,30)31)28(32,33)36-4)20-10-11-21-19-9-8-17-14-18(34)15-24(35)26(17,3)22(19)12-13-25(20,21)2/h8-9,16,18,20-24,34-35H,5-7,10-15H2,1-4H3/t16-,18-,20-,21+,22+,23?,24+,25-,26+/m1/s1. The van der Waals surface area contributed by atoms with Crippen molar-refractivity contribution in [2.75, 3.05) is 7.11 Å². The molecule has 0 heterocycles. The van der Waals surface area contributed by atoms with Gasteiger partial charge in [-0.2, -0.15) is 22.0 Å². The van der Waals surface area contributed by atoms with E-state index in [1.165, 1.54) is 5.57 Å². The Morgan fingerprint density at radius 3 is 2.36 bits per heavy atom. The lowest BCUT2D eigenvalue weighted by molar-refractivity contribution is -0.328. The Hall–Kier alpha value is -0.990. The van der Waals surface area contributed by atoms with Crippen LogP contribution in [-0.4, -0.2) is 41.8 Å². The monoisotopic (exact) mass is 520 g/mol. The van der Waals surface area contributed by atoms with E-state index >= 15 is 0 Å². The maximum absolute atomic E-state index is 13.8. The van der Waals surface area contributed by atoms with Crippen LogP contribution in [-0.2, 0) is 4.74 Å². The topological polar surface area (TPSA) is 49.7 Å². The average molecular weight is 521 g/mol. The third-order valence-electron chi connectivity index (χ3n) is 10.6. The van der Waals surface area contributed by atoms with Crippen LogP contribution in [0.25, 0.3) is 0 Å². The van der Waals surface area contributed by atoms with Gasteiger partial charge in [-0.3, -0.25) is 0 Å². The van der Waals surface area contributed by atoms with Crippen LogP contribution in [0.4, 0.5) is 22.0 Å². The van der Waals surface area contributed by atoms with Gasteiger partial charge in [0.25, 0.3) is 0 Å². The van der Waals surface area contributed by atoms with Crippen LogP contribution in [0, 0.1) is 40.4 Å². The molecule has 1 unspecified atom stereocenters. The third kappa shape index (κ3) is 4.57. The second-order valence-electron chi connectivity index (χ2n) is 12.4. The molecule has 4 aliphatic rings. The summed E-state index contributed by atoms with van der Waals surface area (Å²) in [7, 11) is 0.615. The molecule has 36 heavy (non-hydrogen) atoms. The highest BCUT2D eigenvalue weighted by Crippen LogP contribution is 2.66. The average Bonchev–Trinajstić information content (AvgIpc) is 3.14. The minimum atomic E-state index is -5.01. The minimum Gasteiger partial charge on any atom is -0.393 e. The normalized spacial score (nSPS) is 40.5. The van der Waals surface area contributed by atoms with E-state index in [-0.39, 0.29) is 29.1 Å². The second-order valence-corrected chi connectivity index (χ2v) is 12.4. The number of alkyl halides is 5. The molecule has 0 bridgehead atoms. The number of hydrogen-bond donors (Lipinski definition) is 2. The van der Waals surface area contributed by atoms with Crippen molar-refractivity contribution in [3.05, 3.63) is 23.3 Å². The molecule has 206 valence electrons. The molecule has 4 aliphatic carbocycles. The summed E-state index contributed by atoms with van der Waals surface area (Å²) in [6.45, 7) is 6.49. The maximum Gasteiger partial charge on any atom is 0.400 e. The Kier molecular flexibility index (Phi) is 7.50. The summed E-state index contributed by atoms with van der Waals surface area (Å²) in [5, 5.41) is 21.2. The van der Waals surface area contributed by atoms with Crippen molar-refractivity contribution >= 4 is 0 Å². The zero-order chi connectivity index (χ0) is 26.7. The molecule has 0 amide bonds. The van der Waals surface area contributed by atoms with Crippen LogP contribution >= 0.6 is 0 Å². The van der Waals surface area contributed by atoms with Crippen molar-refractivity contribution < 1.29 is 36.9 Å². The molecule has 4 rings (SSSR count). The molecule has 3 saturated carbocycles. The van der Waals surface area contributed by atoms with Crippen LogP contribution in [0.2, 0.25) is 0 Å². The molecule has 0 radical (unpaired) electrons. The number of methoxy groups -OCH3 is 1. The highest BCUT2D eigenvalue weighted by atomic mass is 19.4. The molecular weight excluding hydrogens is 479 g/mol. The van der Waals surface area contributed by atoms with Crippen molar-refractivity contribution in [3.8, 4) is 0 Å². The SMILES string of the molecule is COC(F)(F)C(CCC[C@@H](C)[C@H]1CC[C@H]2C3=CC=C4C[C@@H](O)C[C@H](O)[C@]4(C)[C@H]3CC[C@]12C)C(F)(F)F. The zero-order valence-electron chi connectivity index (χ0n) is 21.8. The van der Waals surface area contributed by atoms with Crippen LogP contribution in [0.3, 0.4) is 0 Å². The van der Waals surface area contributed by atoms with Gasteiger partial charge in [0.05, 0.1) is 12.2 Å². The number of rotatable bonds is 7. The first kappa shape index (κ1) is 28.0. The Morgan fingerprint density at radius 2 is 1.72 bits per heavy atom. The van der Waals surface area contributed by atoms with Crippen molar-refractivity contribution in [1.29, 1.82) is 0 Å². The molecule has 3 fully saturated rings. The van der Waals surface area contributed by atoms with Crippen LogP contribution in [0.15, 0.2) is 23.3 Å². The first-order valence-electron chi connectivity index (χ1n) is 13.4. The number of fused-ring (bicyclic) bond motifs is 5. The largest absolute Gasteiger partial charge is 0.400 e. The first-order valence-corrected chi connectivity index (χ1v) is 13.4. The highest BCUT2D eigenvalue weighted by Gasteiger charge is 2.59. The molecule has 3 nitrogen and oxygen atoms in total. The fraction of sp³-hybridized carbons (Fsp3) is 0.857. The summed E-state index contributed by atoms with van der Waals surface area (Å²) in [6, 6.07) is 0. The van der Waals surface area contributed by atoms with Gasteiger partial charge in [-0.1, -0.05) is 56.9 Å². The summed E-state index contributed by atoms with van der Waals surface area (Å²) < 4.78 is 71.3. The zero-order valence-corrected chi connectivity index (χ0v) is 21.8. The van der Waals surface area contributed by atoms with Crippen molar-refractivity contribution in [1.82, 2.24) is 0 Å². The summed E-state index contributed by atoms with van der Waals surface area (Å²) >= 11 is 0. The Bertz CT molecular complexity index is 883. The number of aliphatic hydroxyl groups excluding tert-OH is 2. The lowest BCUT2D eigenvalue weighted by Crippen LogP contribution is -2.52. The lowest BCUT2D eigenvalue weighted by Gasteiger charge is -2.56. The van der Waals surface area contributed by atoms with Gasteiger partial charge >= 0.3 is 12.3 Å². The quantitative estimate of drug-likeness (QED) is 0.354. The number of aliphatic hydroxyl groups is 2. The smallest absolute Gasteiger partial charge is 0.393 e. The third-order valence-corrected chi connectivity index (χ3v) is 10.6. The number of ether oxygens (including phenoxy) is 1. The van der Waals surface area contributed by atoms with Crippen LogP contribution in [0.1, 0.15) is 78.6 Å². The van der Waals surface area contributed by atoms with Gasteiger partial charge in [-0.25, -0.2) is 0 Å². The van der Waals surface area contributed by atoms with Crippen molar-refractivity contribution in [2.24, 2.45) is 40.4 Å². The van der Waals surface area contributed by atoms with Gasteiger partial charge in [-0.05, 0) is 67.6 Å². The Balaban J connectivity index is 1.46. The molecular formula is C28H41F5O3. The van der Waals surface area contributed by atoms with E-state index < -0.39 is 36.8 Å². The van der Waals surface area contributed by atoms with Gasteiger partial charge in [0.1, 0.15) is 5.92 Å². The van der Waals surface area contributed by atoms with Gasteiger partial charge in [0.15, 0.2) is 0 Å². The summed E-state index contributed by atoms with van der Waals surface area (Å²) in [4.78, 5) is 0. The van der Waals surface area contributed by atoms with Gasteiger partial charge in [-0.15, -0.1) is 0 Å². The number of allylic oxidation sites excluding steroid dienone is 3. The number of halogens is 5. The lowest BCUT2D eigenvalue weighted by atomic mass is 9.49. The Morgan fingerprint density at radius 1 is 1.03 bits per heavy atom. The second kappa shape index (κ2) is 9.64. The van der Waals surface area contributed by atoms with Crippen molar-refractivity contribution in [2.45, 2.75) is 103 Å². The van der Waals surface area contributed by atoms with Crippen LogP contribution in [0.5, 0.6) is 0 Å². The van der Waals surface area contributed by atoms with E-state index in [4.69, 9.17) is 0 Å². The van der Waals surface area contributed by atoms with Crippen molar-refractivity contribution in [3.63, 3.8) is 0 Å².